The molecular formula is C66H44N2OS. The summed E-state index contributed by atoms with van der Waals surface area (Å²) < 4.78 is 8.65. The normalized spacial score (nSPS) is 11.4. The highest BCUT2D eigenvalue weighted by Gasteiger charge is 2.20. The summed E-state index contributed by atoms with van der Waals surface area (Å²) in [6, 6.07) is 96.0. The van der Waals surface area contributed by atoms with E-state index in [2.05, 4.69) is 265 Å². The van der Waals surface area contributed by atoms with Gasteiger partial charge in [-0.15, -0.1) is 11.3 Å². The van der Waals surface area contributed by atoms with Gasteiger partial charge in [0.05, 0.1) is 5.69 Å². The molecule has 0 spiro atoms. The molecule has 0 bridgehead atoms. The van der Waals surface area contributed by atoms with E-state index < -0.39 is 0 Å². The molecule has 0 aliphatic carbocycles. The van der Waals surface area contributed by atoms with Crippen LogP contribution in [0.2, 0.25) is 0 Å². The third-order valence-electron chi connectivity index (χ3n) is 13.5. The molecule has 0 saturated heterocycles. The zero-order valence-corrected chi connectivity index (χ0v) is 38.9. The largest absolute Gasteiger partial charge is 0.456 e. The zero-order valence-electron chi connectivity index (χ0n) is 38.1. The molecule has 0 saturated carbocycles. The number of rotatable bonds is 10. The molecule has 70 heavy (non-hydrogen) atoms. The van der Waals surface area contributed by atoms with Crippen molar-refractivity contribution in [2.24, 2.45) is 0 Å². The first kappa shape index (κ1) is 41.2. The van der Waals surface area contributed by atoms with Crippen LogP contribution in [0.3, 0.4) is 0 Å². The number of fused-ring (bicyclic) bond motifs is 6. The first-order valence-corrected chi connectivity index (χ1v) is 24.5. The van der Waals surface area contributed by atoms with E-state index in [1.54, 1.807) is 0 Å². The average Bonchev–Trinajstić information content (AvgIpc) is 4.01. The number of nitrogens with zero attached hydrogens (tertiary/aromatic N) is 2. The predicted molar refractivity (Wildman–Crippen MR) is 298 cm³/mol. The fourth-order valence-electron chi connectivity index (χ4n) is 10.0. The van der Waals surface area contributed by atoms with Crippen molar-refractivity contribution in [3.05, 3.63) is 267 Å². The first-order chi connectivity index (χ1) is 34.7. The van der Waals surface area contributed by atoms with Gasteiger partial charge < -0.3 is 14.2 Å². The molecule has 13 aromatic rings. The summed E-state index contributed by atoms with van der Waals surface area (Å²) in [6.45, 7) is 0. The van der Waals surface area contributed by atoms with Crippen LogP contribution in [-0.4, -0.2) is 0 Å². The lowest BCUT2D eigenvalue weighted by atomic mass is 10.0. The molecule has 0 amide bonds. The van der Waals surface area contributed by atoms with Crippen LogP contribution in [0, 0.1) is 0 Å². The second-order valence-electron chi connectivity index (χ2n) is 17.7. The highest BCUT2D eigenvalue weighted by atomic mass is 32.1. The van der Waals surface area contributed by atoms with Gasteiger partial charge in [0.2, 0.25) is 0 Å². The molecule has 2 aromatic heterocycles. The van der Waals surface area contributed by atoms with Crippen LogP contribution in [0.15, 0.2) is 271 Å². The van der Waals surface area contributed by atoms with Crippen molar-refractivity contribution in [2.75, 3.05) is 9.80 Å². The maximum absolute atomic E-state index is 6.14. The number of furan rings is 1. The van der Waals surface area contributed by atoms with Crippen molar-refractivity contribution in [3.8, 4) is 44.5 Å². The van der Waals surface area contributed by atoms with E-state index >= 15 is 0 Å². The lowest BCUT2D eigenvalue weighted by Gasteiger charge is -2.26. The zero-order chi connectivity index (χ0) is 46.4. The Kier molecular flexibility index (Phi) is 10.4. The first-order valence-electron chi connectivity index (χ1n) is 23.7. The fraction of sp³-hybridized carbons (Fsp3) is 0. The molecule has 0 radical (unpaired) electrons. The molecule has 0 fully saturated rings. The molecular weight excluding hydrogens is 869 g/mol. The van der Waals surface area contributed by atoms with Crippen LogP contribution in [-0.2, 0) is 0 Å². The van der Waals surface area contributed by atoms with Gasteiger partial charge in [-0.25, -0.2) is 0 Å². The summed E-state index contributed by atoms with van der Waals surface area (Å²) in [7, 11) is 0. The van der Waals surface area contributed by atoms with E-state index in [1.807, 2.05) is 23.5 Å². The van der Waals surface area contributed by atoms with Crippen molar-refractivity contribution in [2.45, 2.75) is 0 Å². The molecule has 13 rings (SSSR count). The Morgan fingerprint density at radius 2 is 0.686 bits per heavy atom. The molecule has 0 unspecified atom stereocenters. The van der Waals surface area contributed by atoms with E-state index in [0.29, 0.717) is 0 Å². The van der Waals surface area contributed by atoms with E-state index in [0.717, 1.165) is 67.2 Å². The second-order valence-corrected chi connectivity index (χ2v) is 18.8. The lowest BCUT2D eigenvalue weighted by Crippen LogP contribution is -2.10. The van der Waals surface area contributed by atoms with Gasteiger partial charge in [0, 0.05) is 59.4 Å². The highest BCUT2D eigenvalue weighted by molar-refractivity contribution is 7.26. The van der Waals surface area contributed by atoms with Gasteiger partial charge in [-0.1, -0.05) is 170 Å². The monoisotopic (exact) mass is 912 g/mol. The van der Waals surface area contributed by atoms with Gasteiger partial charge in [0.1, 0.15) is 11.2 Å². The van der Waals surface area contributed by atoms with Crippen molar-refractivity contribution in [3.63, 3.8) is 0 Å². The third kappa shape index (κ3) is 7.57. The summed E-state index contributed by atoms with van der Waals surface area (Å²) in [4.78, 5) is 4.74. The molecule has 330 valence electrons. The number of anilines is 6. The smallest absolute Gasteiger partial charge is 0.135 e. The van der Waals surface area contributed by atoms with Crippen molar-refractivity contribution < 1.29 is 4.42 Å². The van der Waals surface area contributed by atoms with Crippen LogP contribution in [0.4, 0.5) is 34.1 Å². The molecule has 0 atom stereocenters. The minimum Gasteiger partial charge on any atom is -0.456 e. The number of benzene rings is 11. The van der Waals surface area contributed by atoms with Gasteiger partial charge in [0.25, 0.3) is 0 Å². The van der Waals surface area contributed by atoms with Crippen LogP contribution in [0.5, 0.6) is 0 Å². The summed E-state index contributed by atoms with van der Waals surface area (Å²) in [5.74, 6) is 0. The van der Waals surface area contributed by atoms with E-state index in [1.165, 1.54) is 53.6 Å². The molecule has 0 N–H and O–H groups in total. The molecule has 0 aliphatic heterocycles. The summed E-state index contributed by atoms with van der Waals surface area (Å²) in [5, 5.41) is 4.77. The Morgan fingerprint density at radius 3 is 1.27 bits per heavy atom. The van der Waals surface area contributed by atoms with Crippen molar-refractivity contribution >= 4 is 87.6 Å². The van der Waals surface area contributed by atoms with Gasteiger partial charge >= 0.3 is 0 Å². The number of thiophene rings is 1. The summed E-state index contributed by atoms with van der Waals surface area (Å²) >= 11 is 1.85. The minimum atomic E-state index is 0.906. The van der Waals surface area contributed by atoms with Crippen LogP contribution >= 0.6 is 11.3 Å². The summed E-state index contributed by atoms with van der Waals surface area (Å²) in [5.41, 5.74) is 18.0. The Balaban J connectivity index is 0.838. The summed E-state index contributed by atoms with van der Waals surface area (Å²) in [6.07, 6.45) is 0. The molecule has 2 heterocycles. The Labute approximate surface area is 411 Å². The number of para-hydroxylation sites is 2. The quantitative estimate of drug-likeness (QED) is 0.136. The maximum atomic E-state index is 6.14. The average molecular weight is 913 g/mol. The Morgan fingerprint density at radius 1 is 0.257 bits per heavy atom. The third-order valence-corrected chi connectivity index (χ3v) is 14.6. The van der Waals surface area contributed by atoms with Gasteiger partial charge in [0.15, 0.2) is 0 Å². The van der Waals surface area contributed by atoms with Gasteiger partial charge in [-0.2, -0.15) is 0 Å². The molecule has 3 nitrogen and oxygen atoms in total. The molecule has 11 aromatic carbocycles. The number of hydrogen-bond donors (Lipinski definition) is 0. The lowest BCUT2D eigenvalue weighted by molar-refractivity contribution is 0.669. The van der Waals surface area contributed by atoms with Crippen LogP contribution in [0.1, 0.15) is 0 Å². The molecule has 4 heteroatoms. The van der Waals surface area contributed by atoms with Gasteiger partial charge in [-0.05, 0) is 142 Å². The van der Waals surface area contributed by atoms with Crippen molar-refractivity contribution in [1.82, 2.24) is 0 Å². The topological polar surface area (TPSA) is 19.6 Å². The standard InChI is InChI=1S/C66H44N2OS/c1-4-13-45(14-5-1)47-23-33-54(34-24-47)67(55-35-25-48(26-36-55)46-15-6-2-7-16-46)56-37-27-50(28-38-56)52-31-41-59-65(44-52)70-64-22-12-20-61(66(59)64)68(53-17-8-3-9-18-53)57-39-29-49(30-40-57)51-32-42-63-60(43-51)58-19-10-11-21-62(58)69-63/h1-44H. The maximum Gasteiger partial charge on any atom is 0.135 e. The van der Waals surface area contributed by atoms with Crippen LogP contribution in [0.25, 0.3) is 86.6 Å². The Bertz CT molecular complexity index is 3870. The molecule has 0 aliphatic rings. The minimum absolute atomic E-state index is 0.906. The second kappa shape index (κ2) is 17.6. The fourth-order valence-corrected chi connectivity index (χ4v) is 11.2. The predicted octanol–water partition coefficient (Wildman–Crippen LogP) is 19.6. The van der Waals surface area contributed by atoms with Gasteiger partial charge in [-0.3, -0.25) is 0 Å². The van der Waals surface area contributed by atoms with E-state index in [-0.39, 0.29) is 0 Å². The van der Waals surface area contributed by atoms with E-state index in [4.69, 9.17) is 4.42 Å². The highest BCUT2D eigenvalue weighted by Crippen LogP contribution is 2.46. The van der Waals surface area contributed by atoms with Crippen LogP contribution < -0.4 is 9.80 Å². The van der Waals surface area contributed by atoms with Crippen molar-refractivity contribution in [1.29, 1.82) is 0 Å². The van der Waals surface area contributed by atoms with E-state index in [9.17, 15) is 0 Å². The number of hydrogen-bond acceptors (Lipinski definition) is 4. The SMILES string of the molecule is c1ccc(-c2ccc(N(c3ccc(-c4ccccc4)cc3)c3ccc(-c4ccc5c(c4)sc4cccc(N(c6ccccc6)c6ccc(-c7ccc8oc9ccccc9c8c7)cc6)c45)cc3)cc2)cc1. The Hall–Kier alpha value is -8.96.